The molecule has 3 rings (SSSR count). The van der Waals surface area contributed by atoms with Gasteiger partial charge in [-0.05, 0) is 36.8 Å². The number of nitrogen functional groups attached to an aromatic ring is 1. The van der Waals surface area contributed by atoms with Crippen LogP contribution in [0.5, 0.6) is 0 Å². The van der Waals surface area contributed by atoms with Crippen molar-refractivity contribution < 1.29 is 14.0 Å². The molecule has 2 amide bonds. The van der Waals surface area contributed by atoms with Gasteiger partial charge in [-0.2, -0.15) is 0 Å². The van der Waals surface area contributed by atoms with Crippen LogP contribution >= 0.6 is 35.8 Å². The standard InChI is InChI=1S/C16H13ClFN3O2S.ClH/c17-10-2-1-3-11(18)9(10)7-14-16(23)20-12-6-8(15(22)21-19)4-5-13(12)24-14;/h1-6,14H,7,19H2,(H,20,23)(H,21,22);1H. The smallest absolute Gasteiger partial charge is 0.265 e. The van der Waals surface area contributed by atoms with Gasteiger partial charge in [0.05, 0.1) is 10.9 Å². The second-order valence-electron chi connectivity index (χ2n) is 5.18. The number of nitrogens with two attached hydrogens (primary N) is 1. The Morgan fingerprint density at radius 1 is 1.36 bits per heavy atom. The Morgan fingerprint density at radius 3 is 2.80 bits per heavy atom. The summed E-state index contributed by atoms with van der Waals surface area (Å²) >= 11 is 7.34. The van der Waals surface area contributed by atoms with Gasteiger partial charge in [-0.25, -0.2) is 10.2 Å². The number of hydrazine groups is 1. The normalized spacial score (nSPS) is 15.6. The van der Waals surface area contributed by atoms with Gasteiger partial charge < -0.3 is 5.32 Å². The number of thioether (sulfide) groups is 1. The molecule has 1 atom stereocenters. The van der Waals surface area contributed by atoms with E-state index in [1.54, 1.807) is 24.3 Å². The highest BCUT2D eigenvalue weighted by molar-refractivity contribution is 8.01. The molecule has 0 fully saturated rings. The van der Waals surface area contributed by atoms with Gasteiger partial charge >= 0.3 is 0 Å². The molecule has 1 heterocycles. The number of rotatable bonds is 3. The maximum Gasteiger partial charge on any atom is 0.265 e. The Morgan fingerprint density at radius 2 is 2.12 bits per heavy atom. The molecular weight excluding hydrogens is 388 g/mol. The maximum atomic E-state index is 13.9. The van der Waals surface area contributed by atoms with Crippen molar-refractivity contribution >= 4 is 53.3 Å². The molecule has 0 aliphatic carbocycles. The van der Waals surface area contributed by atoms with E-state index < -0.39 is 17.0 Å². The highest BCUT2D eigenvalue weighted by Crippen LogP contribution is 2.38. The Hall–Kier alpha value is -1.80. The van der Waals surface area contributed by atoms with Crippen LogP contribution in [0.3, 0.4) is 0 Å². The second-order valence-corrected chi connectivity index (χ2v) is 6.84. The van der Waals surface area contributed by atoms with Gasteiger partial charge in [0.25, 0.3) is 5.91 Å². The largest absolute Gasteiger partial charge is 0.324 e. The number of benzene rings is 2. The van der Waals surface area contributed by atoms with Crippen molar-refractivity contribution in [1.82, 2.24) is 5.43 Å². The molecular formula is C16H14Cl2FN3O2S. The predicted octanol–water partition coefficient (Wildman–Crippen LogP) is 3.16. The summed E-state index contributed by atoms with van der Waals surface area (Å²) in [6.45, 7) is 0. The van der Waals surface area contributed by atoms with Gasteiger partial charge in [0, 0.05) is 21.0 Å². The van der Waals surface area contributed by atoms with Crippen molar-refractivity contribution in [3.63, 3.8) is 0 Å². The molecule has 5 nitrogen and oxygen atoms in total. The molecule has 2 aromatic rings. The van der Waals surface area contributed by atoms with Crippen molar-refractivity contribution in [1.29, 1.82) is 0 Å². The lowest BCUT2D eigenvalue weighted by atomic mass is 10.1. The summed E-state index contributed by atoms with van der Waals surface area (Å²) in [6.07, 6.45) is 0.173. The summed E-state index contributed by atoms with van der Waals surface area (Å²) in [5.41, 5.74) is 3.22. The van der Waals surface area contributed by atoms with Crippen LogP contribution in [0.4, 0.5) is 10.1 Å². The predicted molar refractivity (Wildman–Crippen MR) is 98.7 cm³/mol. The molecule has 0 aromatic heterocycles. The first-order chi connectivity index (χ1) is 11.5. The second kappa shape index (κ2) is 8.05. The first kappa shape index (κ1) is 19.5. The number of nitrogens with one attached hydrogen (secondary N) is 2. The molecule has 1 unspecified atom stereocenters. The lowest BCUT2D eigenvalue weighted by Gasteiger charge is -2.25. The summed E-state index contributed by atoms with van der Waals surface area (Å²) in [5.74, 6) is 3.96. The zero-order valence-corrected chi connectivity index (χ0v) is 15.1. The Balaban J connectivity index is 0.00000225. The van der Waals surface area contributed by atoms with E-state index in [-0.39, 0.29) is 24.7 Å². The van der Waals surface area contributed by atoms with Crippen LogP contribution in [-0.2, 0) is 11.2 Å². The fraction of sp³-hybridized carbons (Fsp3) is 0.125. The van der Waals surface area contributed by atoms with Crippen molar-refractivity contribution in [3.8, 4) is 0 Å². The van der Waals surface area contributed by atoms with Crippen molar-refractivity contribution in [2.45, 2.75) is 16.6 Å². The Bertz CT molecular complexity index is 815. The molecule has 1 aliphatic heterocycles. The first-order valence-corrected chi connectivity index (χ1v) is 8.30. The monoisotopic (exact) mass is 401 g/mol. The molecule has 9 heteroatoms. The van der Waals surface area contributed by atoms with E-state index in [4.69, 9.17) is 17.4 Å². The summed E-state index contributed by atoms with van der Waals surface area (Å²) in [4.78, 5) is 24.7. The molecule has 0 saturated heterocycles. The average molecular weight is 402 g/mol. The van der Waals surface area contributed by atoms with E-state index in [0.29, 0.717) is 21.8 Å². The molecule has 2 aromatic carbocycles. The molecule has 25 heavy (non-hydrogen) atoms. The number of carbonyl (C=O) groups is 2. The quantitative estimate of drug-likeness (QED) is 0.418. The van der Waals surface area contributed by atoms with Gasteiger partial charge in [-0.15, -0.1) is 24.2 Å². The number of carbonyl (C=O) groups excluding carboxylic acids is 2. The maximum absolute atomic E-state index is 13.9. The summed E-state index contributed by atoms with van der Waals surface area (Å²) < 4.78 is 13.9. The zero-order valence-electron chi connectivity index (χ0n) is 12.7. The van der Waals surface area contributed by atoms with E-state index in [1.807, 2.05) is 5.43 Å². The third kappa shape index (κ3) is 4.07. The molecule has 0 spiro atoms. The minimum atomic E-state index is -0.513. The minimum absolute atomic E-state index is 0. The minimum Gasteiger partial charge on any atom is -0.324 e. The molecule has 0 saturated carbocycles. The number of anilines is 1. The lowest BCUT2D eigenvalue weighted by Crippen LogP contribution is -2.32. The van der Waals surface area contributed by atoms with E-state index in [1.165, 1.54) is 23.9 Å². The molecule has 132 valence electrons. The Labute approximate surface area is 158 Å². The molecule has 0 bridgehead atoms. The van der Waals surface area contributed by atoms with Gasteiger partial charge in [0.1, 0.15) is 5.82 Å². The van der Waals surface area contributed by atoms with Crippen LogP contribution in [0.1, 0.15) is 15.9 Å². The summed E-state index contributed by atoms with van der Waals surface area (Å²) in [7, 11) is 0. The highest BCUT2D eigenvalue weighted by atomic mass is 35.5. The fourth-order valence-electron chi connectivity index (χ4n) is 2.42. The van der Waals surface area contributed by atoms with E-state index >= 15 is 0 Å². The molecule has 4 N–H and O–H groups in total. The van der Waals surface area contributed by atoms with E-state index in [0.717, 1.165) is 4.90 Å². The van der Waals surface area contributed by atoms with Crippen LogP contribution in [0.25, 0.3) is 0 Å². The van der Waals surface area contributed by atoms with Crippen LogP contribution < -0.4 is 16.6 Å². The SMILES string of the molecule is Cl.NNC(=O)c1ccc2c(c1)NC(=O)C(Cc1c(F)cccc1Cl)S2. The van der Waals surface area contributed by atoms with Crippen molar-refractivity contribution in [2.24, 2.45) is 5.84 Å². The van der Waals surface area contributed by atoms with Gasteiger partial charge in [0.15, 0.2) is 0 Å². The van der Waals surface area contributed by atoms with Gasteiger partial charge in [-0.1, -0.05) is 17.7 Å². The zero-order chi connectivity index (χ0) is 17.3. The third-order valence-corrected chi connectivity index (χ3v) is 5.27. The van der Waals surface area contributed by atoms with Crippen LogP contribution in [0, 0.1) is 5.82 Å². The van der Waals surface area contributed by atoms with E-state index in [2.05, 4.69) is 5.32 Å². The first-order valence-electron chi connectivity index (χ1n) is 7.05. The molecule has 0 radical (unpaired) electrons. The topological polar surface area (TPSA) is 84.2 Å². The number of fused-ring (bicyclic) bond motifs is 1. The average Bonchev–Trinajstić information content (AvgIpc) is 2.57. The van der Waals surface area contributed by atoms with Crippen molar-refractivity contribution in [2.75, 3.05) is 5.32 Å². The number of amides is 2. The Kier molecular flexibility index (Phi) is 6.29. The summed E-state index contributed by atoms with van der Waals surface area (Å²) in [6, 6.07) is 9.32. The lowest BCUT2D eigenvalue weighted by molar-refractivity contribution is -0.115. The van der Waals surface area contributed by atoms with E-state index in [9.17, 15) is 14.0 Å². The number of hydrogen-bond donors (Lipinski definition) is 3. The van der Waals surface area contributed by atoms with Crippen molar-refractivity contribution in [3.05, 3.63) is 58.4 Å². The number of halogens is 3. The van der Waals surface area contributed by atoms with Crippen LogP contribution in [0.15, 0.2) is 41.3 Å². The van der Waals surface area contributed by atoms with Gasteiger partial charge in [-0.3, -0.25) is 15.0 Å². The third-order valence-electron chi connectivity index (χ3n) is 3.64. The molecule has 1 aliphatic rings. The van der Waals surface area contributed by atoms with Gasteiger partial charge in [0.2, 0.25) is 5.91 Å². The highest BCUT2D eigenvalue weighted by Gasteiger charge is 2.29. The summed E-state index contributed by atoms with van der Waals surface area (Å²) in [5, 5.41) is 2.53. The van der Waals surface area contributed by atoms with Crippen LogP contribution in [0.2, 0.25) is 5.02 Å². The number of hydrogen-bond acceptors (Lipinski definition) is 4. The van der Waals surface area contributed by atoms with Crippen LogP contribution in [-0.4, -0.2) is 17.1 Å². The fourth-order valence-corrected chi connectivity index (χ4v) is 3.77.